The molecule has 99 valence electrons. The van der Waals surface area contributed by atoms with Gasteiger partial charge in [0.1, 0.15) is 0 Å². The highest BCUT2D eigenvalue weighted by atomic mass is 19.4. The Morgan fingerprint density at radius 3 is 2.37 bits per heavy atom. The van der Waals surface area contributed by atoms with Crippen LogP contribution in [0.3, 0.4) is 0 Å². The van der Waals surface area contributed by atoms with Crippen molar-refractivity contribution >= 4 is 5.69 Å². The van der Waals surface area contributed by atoms with Gasteiger partial charge in [-0.15, -0.1) is 0 Å². The van der Waals surface area contributed by atoms with Gasteiger partial charge in [0.2, 0.25) is 0 Å². The maximum atomic E-state index is 12.8. The highest BCUT2D eigenvalue weighted by molar-refractivity contribution is 5.42. The van der Waals surface area contributed by atoms with Gasteiger partial charge in [0, 0.05) is 12.2 Å². The van der Waals surface area contributed by atoms with Crippen LogP contribution in [0.4, 0.5) is 18.9 Å². The third kappa shape index (κ3) is 3.74. The van der Waals surface area contributed by atoms with Crippen LogP contribution in [0.2, 0.25) is 0 Å². The van der Waals surface area contributed by atoms with E-state index in [1.807, 2.05) is 12.1 Å². The average molecular weight is 264 g/mol. The van der Waals surface area contributed by atoms with E-state index in [0.717, 1.165) is 11.8 Å². The summed E-state index contributed by atoms with van der Waals surface area (Å²) in [4.78, 5) is 0. The predicted octanol–water partition coefficient (Wildman–Crippen LogP) is 4.16. The van der Waals surface area contributed by atoms with Crippen LogP contribution in [0.1, 0.15) is 11.1 Å². The van der Waals surface area contributed by atoms with E-state index in [4.69, 9.17) is 0 Å². The molecule has 0 bridgehead atoms. The van der Waals surface area contributed by atoms with E-state index in [0.29, 0.717) is 18.5 Å². The highest BCUT2D eigenvalue weighted by Gasteiger charge is 2.32. The number of halogens is 3. The maximum Gasteiger partial charge on any atom is 0.416 e. The minimum absolute atomic E-state index is 0.310. The fourth-order valence-corrected chi connectivity index (χ4v) is 1.86. The van der Waals surface area contributed by atoms with Crippen molar-refractivity contribution in [2.45, 2.75) is 12.6 Å². The smallest absolute Gasteiger partial charge is 0.385 e. The molecule has 0 aliphatic heterocycles. The summed E-state index contributed by atoms with van der Waals surface area (Å²) in [6, 6.07) is 15.7. The summed E-state index contributed by atoms with van der Waals surface area (Å²) < 4.78 is 38.3. The summed E-state index contributed by atoms with van der Waals surface area (Å²) >= 11 is 0. The Bertz CT molecular complexity index is 520. The molecule has 0 aliphatic rings. The molecule has 0 aromatic heterocycles. The Morgan fingerprint density at radius 1 is 1.00 bits per heavy atom. The van der Waals surface area contributed by atoms with Crippen molar-refractivity contribution in [2.75, 3.05) is 11.9 Å². The molecule has 0 atom stereocenters. The van der Waals surface area contributed by atoms with E-state index in [1.54, 1.807) is 18.2 Å². The number of benzene rings is 2. The van der Waals surface area contributed by atoms with Gasteiger partial charge in [0.15, 0.2) is 0 Å². The van der Waals surface area contributed by atoms with E-state index >= 15 is 0 Å². The Morgan fingerprint density at radius 2 is 1.68 bits per heavy atom. The normalized spacial score (nSPS) is 11.3. The standard InChI is InChI=1S/C15H13F3N/c16-15(17,18)14-9-5-4-6-12(14)10-11-19-13-7-2-1-3-8-13/h2-9,19H,10-11H2. The van der Waals surface area contributed by atoms with Gasteiger partial charge in [0.05, 0.1) is 5.56 Å². The highest BCUT2D eigenvalue weighted by Crippen LogP contribution is 2.31. The van der Waals surface area contributed by atoms with Gasteiger partial charge >= 0.3 is 6.18 Å². The second kappa shape index (κ2) is 5.78. The van der Waals surface area contributed by atoms with Gasteiger partial charge in [-0.3, -0.25) is 0 Å². The third-order valence-electron chi connectivity index (χ3n) is 2.76. The van der Waals surface area contributed by atoms with Crippen LogP contribution < -0.4 is 5.32 Å². The van der Waals surface area contributed by atoms with E-state index in [2.05, 4.69) is 11.4 Å². The van der Waals surface area contributed by atoms with Crippen molar-refractivity contribution in [3.05, 3.63) is 65.7 Å². The van der Waals surface area contributed by atoms with Gasteiger partial charge in [0.25, 0.3) is 0 Å². The minimum Gasteiger partial charge on any atom is -0.385 e. The molecule has 0 fully saturated rings. The maximum absolute atomic E-state index is 12.8. The summed E-state index contributed by atoms with van der Waals surface area (Å²) in [5, 5.41) is 3.08. The van der Waals surface area contributed by atoms with E-state index < -0.39 is 11.7 Å². The van der Waals surface area contributed by atoms with Gasteiger partial charge < -0.3 is 5.32 Å². The van der Waals surface area contributed by atoms with Crippen LogP contribution in [0.25, 0.3) is 0 Å². The number of alkyl halides is 3. The number of hydrogen-bond acceptors (Lipinski definition) is 1. The Labute approximate surface area is 110 Å². The van der Waals surface area contributed by atoms with Gasteiger partial charge in [-0.1, -0.05) is 30.3 Å². The van der Waals surface area contributed by atoms with Crippen molar-refractivity contribution in [1.29, 1.82) is 0 Å². The fourth-order valence-electron chi connectivity index (χ4n) is 1.86. The molecule has 0 saturated carbocycles. The van der Waals surface area contributed by atoms with Crippen LogP contribution in [-0.2, 0) is 12.6 Å². The Balaban J connectivity index is 2.00. The minimum atomic E-state index is -4.29. The molecule has 4 heteroatoms. The first kappa shape index (κ1) is 13.5. The molecule has 19 heavy (non-hydrogen) atoms. The number of nitrogens with one attached hydrogen (secondary N) is 1. The summed E-state index contributed by atoms with van der Waals surface area (Å²) in [6.45, 7) is 0.455. The van der Waals surface area contributed by atoms with Crippen LogP contribution in [0.15, 0.2) is 48.5 Å². The van der Waals surface area contributed by atoms with Crippen LogP contribution in [0, 0.1) is 6.07 Å². The van der Waals surface area contributed by atoms with Gasteiger partial charge in [-0.25, -0.2) is 0 Å². The summed E-state index contributed by atoms with van der Waals surface area (Å²) in [7, 11) is 0. The lowest BCUT2D eigenvalue weighted by Crippen LogP contribution is -2.12. The monoisotopic (exact) mass is 264 g/mol. The van der Waals surface area contributed by atoms with Crippen LogP contribution in [0.5, 0.6) is 0 Å². The second-order valence-corrected chi connectivity index (χ2v) is 4.12. The molecule has 2 aromatic carbocycles. The van der Waals surface area contributed by atoms with Crippen molar-refractivity contribution in [2.24, 2.45) is 0 Å². The molecule has 1 radical (unpaired) electrons. The third-order valence-corrected chi connectivity index (χ3v) is 2.76. The lowest BCUT2D eigenvalue weighted by molar-refractivity contribution is -0.138. The van der Waals surface area contributed by atoms with Gasteiger partial charge in [-0.2, -0.15) is 13.2 Å². The summed E-state index contributed by atoms with van der Waals surface area (Å²) in [6.07, 6.45) is -3.97. The molecule has 0 aliphatic carbocycles. The first-order valence-electron chi connectivity index (χ1n) is 5.92. The predicted molar refractivity (Wildman–Crippen MR) is 68.9 cm³/mol. The molecular weight excluding hydrogens is 251 g/mol. The van der Waals surface area contributed by atoms with Crippen LogP contribution in [-0.4, -0.2) is 6.54 Å². The van der Waals surface area contributed by atoms with Crippen molar-refractivity contribution in [3.8, 4) is 0 Å². The van der Waals surface area contributed by atoms with Crippen molar-refractivity contribution in [3.63, 3.8) is 0 Å². The number of hydrogen-bond donors (Lipinski definition) is 1. The lowest BCUT2D eigenvalue weighted by Gasteiger charge is -2.13. The van der Waals surface area contributed by atoms with Crippen molar-refractivity contribution < 1.29 is 13.2 Å². The number of rotatable bonds is 4. The Kier molecular flexibility index (Phi) is 4.10. The molecule has 0 unspecified atom stereocenters. The summed E-state index contributed by atoms with van der Waals surface area (Å²) in [5.74, 6) is 0. The van der Waals surface area contributed by atoms with Crippen molar-refractivity contribution in [1.82, 2.24) is 0 Å². The molecule has 2 aromatic rings. The van der Waals surface area contributed by atoms with E-state index in [1.165, 1.54) is 12.1 Å². The molecule has 0 heterocycles. The quantitative estimate of drug-likeness (QED) is 0.874. The molecule has 2 rings (SSSR count). The first-order chi connectivity index (χ1) is 9.07. The zero-order valence-corrected chi connectivity index (χ0v) is 10.2. The zero-order valence-electron chi connectivity index (χ0n) is 10.2. The average Bonchev–Trinajstić information content (AvgIpc) is 2.39. The lowest BCUT2D eigenvalue weighted by atomic mass is 10.0. The molecule has 0 saturated heterocycles. The summed E-state index contributed by atoms with van der Waals surface area (Å²) in [5.41, 5.74) is 0.631. The molecule has 1 nitrogen and oxygen atoms in total. The number of anilines is 1. The first-order valence-corrected chi connectivity index (χ1v) is 5.92. The zero-order chi connectivity index (χ0) is 13.7. The van der Waals surface area contributed by atoms with Crippen LogP contribution >= 0.6 is 0 Å². The molecule has 0 spiro atoms. The van der Waals surface area contributed by atoms with E-state index in [9.17, 15) is 13.2 Å². The topological polar surface area (TPSA) is 12.0 Å². The second-order valence-electron chi connectivity index (χ2n) is 4.12. The largest absolute Gasteiger partial charge is 0.416 e. The SMILES string of the molecule is FC(F)(F)c1ccccc1CCNc1cc[c]cc1. The molecule has 0 amide bonds. The molecular formula is C15H13F3N. The fraction of sp³-hybridized carbons (Fsp3) is 0.200. The Hall–Kier alpha value is -1.97. The molecule has 1 N–H and O–H groups in total. The van der Waals surface area contributed by atoms with Gasteiger partial charge in [-0.05, 0) is 36.2 Å². The van der Waals surface area contributed by atoms with E-state index in [-0.39, 0.29) is 0 Å².